The van der Waals surface area contributed by atoms with Crippen molar-refractivity contribution in [1.82, 2.24) is 5.32 Å². The number of hydrogen-bond donors (Lipinski definition) is 2. The number of aliphatic hydroxyl groups is 1. The number of hydrogen-bond acceptors (Lipinski definition) is 2. The first-order valence-corrected chi connectivity index (χ1v) is 5.07. The Balaban J connectivity index is 2.80. The van der Waals surface area contributed by atoms with E-state index in [1.807, 2.05) is 0 Å². The fraction of sp³-hybridized carbons (Fsp3) is 0.364. The van der Waals surface area contributed by atoms with E-state index in [0.717, 1.165) is 6.07 Å². The van der Waals surface area contributed by atoms with Crippen molar-refractivity contribution >= 4 is 5.91 Å². The van der Waals surface area contributed by atoms with E-state index in [0.29, 0.717) is 12.5 Å². The van der Waals surface area contributed by atoms with Crippen LogP contribution in [0.5, 0.6) is 0 Å². The molecule has 1 aromatic rings. The largest absolute Gasteiger partial charge is 0.391 e. The Morgan fingerprint density at radius 3 is 2.59 bits per heavy atom. The molecule has 1 rings (SSSR count). The smallest absolute Gasteiger partial charge is 0.254 e. The van der Waals surface area contributed by atoms with Crippen molar-refractivity contribution in [1.29, 1.82) is 0 Å². The predicted octanol–water partition coefficient (Wildman–Crippen LogP) is 1.60. The van der Waals surface area contributed by atoms with E-state index in [-0.39, 0.29) is 6.54 Å². The molecule has 0 aliphatic heterocycles. The molecule has 0 saturated carbocycles. The van der Waals surface area contributed by atoms with Gasteiger partial charge < -0.3 is 10.4 Å². The highest BCUT2D eigenvalue weighted by Gasteiger charge is 2.18. The molecule has 17 heavy (non-hydrogen) atoms. The summed E-state index contributed by atoms with van der Waals surface area (Å²) in [5.74, 6) is -5.47. The molecule has 0 aliphatic rings. The van der Waals surface area contributed by atoms with Crippen LogP contribution in [0, 0.1) is 17.5 Å². The molecule has 1 atom stereocenters. The maximum absolute atomic E-state index is 13.2. The van der Waals surface area contributed by atoms with E-state index in [9.17, 15) is 23.1 Å². The minimum Gasteiger partial charge on any atom is -0.391 e. The predicted molar refractivity (Wildman–Crippen MR) is 54.9 cm³/mol. The number of carbonyl (C=O) groups excluding carboxylic acids is 1. The normalized spacial score (nSPS) is 12.3. The van der Waals surface area contributed by atoms with Gasteiger partial charge in [0.05, 0.1) is 11.7 Å². The van der Waals surface area contributed by atoms with Gasteiger partial charge in [0.25, 0.3) is 5.91 Å². The van der Waals surface area contributed by atoms with Crippen LogP contribution >= 0.6 is 0 Å². The standard InChI is InChI=1S/C11H12F3NO2/c1-2-6(16)5-15-11(17)7-3-4-8(12)10(14)9(7)13/h3-4,6,16H,2,5H2,1H3,(H,15,17). The van der Waals surface area contributed by atoms with Crippen LogP contribution in [0.1, 0.15) is 23.7 Å². The minimum atomic E-state index is -1.69. The molecular formula is C11H12F3NO2. The molecule has 0 heterocycles. The van der Waals surface area contributed by atoms with Crippen LogP contribution in [0.2, 0.25) is 0 Å². The molecule has 0 bridgehead atoms. The molecule has 2 N–H and O–H groups in total. The van der Waals surface area contributed by atoms with Crippen molar-refractivity contribution in [2.75, 3.05) is 6.54 Å². The lowest BCUT2D eigenvalue weighted by atomic mass is 10.1. The number of halogens is 3. The lowest BCUT2D eigenvalue weighted by Gasteiger charge is -2.10. The Bertz CT molecular complexity index is 423. The Morgan fingerprint density at radius 2 is 2.00 bits per heavy atom. The van der Waals surface area contributed by atoms with E-state index in [1.165, 1.54) is 0 Å². The first-order valence-electron chi connectivity index (χ1n) is 5.07. The molecule has 0 radical (unpaired) electrons. The third-order valence-corrected chi connectivity index (χ3v) is 2.25. The molecule has 0 fully saturated rings. The van der Waals surface area contributed by atoms with Gasteiger partial charge in [-0.2, -0.15) is 0 Å². The quantitative estimate of drug-likeness (QED) is 0.794. The molecule has 0 aromatic heterocycles. The van der Waals surface area contributed by atoms with Crippen LogP contribution in [-0.4, -0.2) is 23.7 Å². The highest BCUT2D eigenvalue weighted by atomic mass is 19.2. The van der Waals surface area contributed by atoms with Crippen LogP contribution in [0.4, 0.5) is 13.2 Å². The zero-order chi connectivity index (χ0) is 13.0. The lowest BCUT2D eigenvalue weighted by molar-refractivity contribution is 0.0908. The summed E-state index contributed by atoms with van der Waals surface area (Å²) in [5, 5.41) is 11.4. The molecule has 1 amide bonds. The van der Waals surface area contributed by atoms with Crippen molar-refractivity contribution < 1.29 is 23.1 Å². The Morgan fingerprint density at radius 1 is 1.35 bits per heavy atom. The van der Waals surface area contributed by atoms with Gasteiger partial charge in [0, 0.05) is 6.54 Å². The van der Waals surface area contributed by atoms with Gasteiger partial charge >= 0.3 is 0 Å². The van der Waals surface area contributed by atoms with Crippen LogP contribution in [-0.2, 0) is 0 Å². The second-order valence-electron chi connectivity index (χ2n) is 3.50. The Labute approximate surface area is 96.3 Å². The topological polar surface area (TPSA) is 49.3 Å². The fourth-order valence-corrected chi connectivity index (χ4v) is 1.15. The summed E-state index contributed by atoms with van der Waals surface area (Å²) in [6.07, 6.45) is -0.340. The number of benzene rings is 1. The average molecular weight is 247 g/mol. The monoisotopic (exact) mass is 247 g/mol. The summed E-state index contributed by atoms with van der Waals surface area (Å²) < 4.78 is 38.6. The SMILES string of the molecule is CCC(O)CNC(=O)c1ccc(F)c(F)c1F. The van der Waals surface area contributed by atoms with Gasteiger partial charge in [0.2, 0.25) is 0 Å². The molecule has 0 aliphatic carbocycles. The van der Waals surface area contributed by atoms with Crippen molar-refractivity contribution in [3.8, 4) is 0 Å². The number of aliphatic hydroxyl groups excluding tert-OH is 1. The Hall–Kier alpha value is -1.56. The fourth-order valence-electron chi connectivity index (χ4n) is 1.15. The third kappa shape index (κ3) is 3.20. The molecule has 1 aromatic carbocycles. The van der Waals surface area contributed by atoms with Crippen LogP contribution in [0.25, 0.3) is 0 Å². The number of amides is 1. The zero-order valence-corrected chi connectivity index (χ0v) is 9.14. The summed E-state index contributed by atoms with van der Waals surface area (Å²) in [6.45, 7) is 1.63. The van der Waals surface area contributed by atoms with Gasteiger partial charge in [-0.1, -0.05) is 6.92 Å². The molecule has 94 valence electrons. The molecule has 3 nitrogen and oxygen atoms in total. The first kappa shape index (κ1) is 13.5. The molecular weight excluding hydrogens is 235 g/mol. The first-order chi connectivity index (χ1) is 7.97. The summed E-state index contributed by atoms with van der Waals surface area (Å²) >= 11 is 0. The highest BCUT2D eigenvalue weighted by Crippen LogP contribution is 2.14. The van der Waals surface area contributed by atoms with Gasteiger partial charge in [-0.05, 0) is 18.6 Å². The lowest BCUT2D eigenvalue weighted by Crippen LogP contribution is -2.32. The van der Waals surface area contributed by atoms with E-state index in [4.69, 9.17) is 0 Å². The van der Waals surface area contributed by atoms with Crippen molar-refractivity contribution in [3.05, 3.63) is 35.1 Å². The maximum atomic E-state index is 13.2. The highest BCUT2D eigenvalue weighted by molar-refractivity contribution is 5.94. The molecule has 0 saturated heterocycles. The van der Waals surface area contributed by atoms with E-state index in [1.54, 1.807) is 6.92 Å². The van der Waals surface area contributed by atoms with E-state index in [2.05, 4.69) is 5.32 Å². The average Bonchev–Trinajstić information content (AvgIpc) is 2.32. The number of nitrogens with one attached hydrogen (secondary N) is 1. The minimum absolute atomic E-state index is 0.0756. The number of carbonyl (C=O) groups is 1. The zero-order valence-electron chi connectivity index (χ0n) is 9.14. The van der Waals surface area contributed by atoms with Crippen LogP contribution < -0.4 is 5.32 Å². The maximum Gasteiger partial charge on any atom is 0.254 e. The van der Waals surface area contributed by atoms with Gasteiger partial charge in [0.15, 0.2) is 17.5 Å². The summed E-state index contributed by atoms with van der Waals surface area (Å²) in [5.41, 5.74) is -0.591. The second kappa shape index (κ2) is 5.67. The molecule has 1 unspecified atom stereocenters. The van der Waals surface area contributed by atoms with Gasteiger partial charge in [-0.3, -0.25) is 4.79 Å². The third-order valence-electron chi connectivity index (χ3n) is 2.25. The molecule has 6 heteroatoms. The van der Waals surface area contributed by atoms with Crippen molar-refractivity contribution in [3.63, 3.8) is 0 Å². The summed E-state index contributed by atoms with van der Waals surface area (Å²) in [6, 6.07) is 1.52. The van der Waals surface area contributed by atoms with Crippen LogP contribution in [0.3, 0.4) is 0 Å². The van der Waals surface area contributed by atoms with E-state index >= 15 is 0 Å². The summed E-state index contributed by atoms with van der Waals surface area (Å²) in [4.78, 5) is 11.4. The summed E-state index contributed by atoms with van der Waals surface area (Å²) in [7, 11) is 0. The Kier molecular flexibility index (Phi) is 4.51. The van der Waals surface area contributed by atoms with Gasteiger partial charge in [-0.25, -0.2) is 13.2 Å². The second-order valence-corrected chi connectivity index (χ2v) is 3.50. The number of rotatable bonds is 4. The van der Waals surface area contributed by atoms with E-state index < -0.39 is 35.0 Å². The van der Waals surface area contributed by atoms with Crippen molar-refractivity contribution in [2.24, 2.45) is 0 Å². The van der Waals surface area contributed by atoms with Crippen LogP contribution in [0.15, 0.2) is 12.1 Å². The van der Waals surface area contributed by atoms with Gasteiger partial charge in [0.1, 0.15) is 0 Å². The molecule has 0 spiro atoms. The van der Waals surface area contributed by atoms with Gasteiger partial charge in [-0.15, -0.1) is 0 Å². The van der Waals surface area contributed by atoms with Crippen molar-refractivity contribution in [2.45, 2.75) is 19.4 Å².